The zero-order valence-electron chi connectivity index (χ0n) is 11.8. The highest BCUT2D eigenvalue weighted by Crippen LogP contribution is 2.12. The molecule has 4 N–H and O–H groups in total. The molecule has 0 bridgehead atoms. The van der Waals surface area contributed by atoms with E-state index in [1.807, 2.05) is 6.92 Å². The molecular formula is C14H19N3O3S. The van der Waals surface area contributed by atoms with Gasteiger partial charge in [0.2, 0.25) is 0 Å². The average molecular weight is 309 g/mol. The van der Waals surface area contributed by atoms with Gasteiger partial charge in [0.15, 0.2) is 15.7 Å². The molecule has 0 saturated carbocycles. The van der Waals surface area contributed by atoms with Gasteiger partial charge < -0.3 is 16.3 Å². The number of rotatable bonds is 7. The van der Waals surface area contributed by atoms with Gasteiger partial charge in [-0.05, 0) is 31.2 Å². The van der Waals surface area contributed by atoms with Crippen LogP contribution in [0.4, 0.5) is 0 Å². The van der Waals surface area contributed by atoms with E-state index in [4.69, 9.17) is 17.4 Å². The molecule has 7 heteroatoms. The van der Waals surface area contributed by atoms with Crippen LogP contribution in [0, 0.1) is 12.3 Å². The quantitative estimate of drug-likeness (QED) is 0.224. The van der Waals surface area contributed by atoms with E-state index in [-0.39, 0.29) is 22.5 Å². The van der Waals surface area contributed by atoms with E-state index in [1.165, 1.54) is 24.3 Å². The van der Waals surface area contributed by atoms with E-state index in [0.717, 1.165) is 0 Å². The van der Waals surface area contributed by atoms with Crippen molar-refractivity contribution in [2.45, 2.75) is 24.3 Å². The molecule has 0 spiro atoms. The van der Waals surface area contributed by atoms with Gasteiger partial charge in [0.25, 0.3) is 0 Å². The molecule has 1 rings (SSSR count). The molecule has 21 heavy (non-hydrogen) atoms. The Kier molecular flexibility index (Phi) is 6.21. The molecule has 114 valence electrons. The summed E-state index contributed by atoms with van der Waals surface area (Å²) in [4.78, 5) is 0.198. The third-order valence-corrected chi connectivity index (χ3v) is 4.64. The highest BCUT2D eigenvalue weighted by molar-refractivity contribution is 7.91. The lowest BCUT2D eigenvalue weighted by Gasteiger charge is -2.11. The number of hydrogen-bond acceptors (Lipinski definition) is 5. The van der Waals surface area contributed by atoms with Crippen molar-refractivity contribution in [1.29, 1.82) is 0 Å². The summed E-state index contributed by atoms with van der Waals surface area (Å²) in [5.74, 6) is 2.42. The molecular weight excluding hydrogens is 290 g/mol. The number of terminal acetylenes is 1. The number of hydrogen-bond donors (Lipinski definition) is 3. The van der Waals surface area contributed by atoms with E-state index >= 15 is 0 Å². The van der Waals surface area contributed by atoms with Crippen molar-refractivity contribution >= 4 is 15.7 Å². The monoisotopic (exact) mass is 309 g/mol. The van der Waals surface area contributed by atoms with Gasteiger partial charge in [-0.1, -0.05) is 5.16 Å². The maximum Gasteiger partial charge on any atom is 0.179 e. The molecule has 0 saturated heterocycles. The molecule has 1 aromatic carbocycles. The van der Waals surface area contributed by atoms with Crippen LogP contribution < -0.4 is 11.1 Å². The Morgan fingerprint density at radius 3 is 2.62 bits per heavy atom. The zero-order valence-corrected chi connectivity index (χ0v) is 12.6. The maximum atomic E-state index is 12.1. The van der Waals surface area contributed by atoms with Crippen molar-refractivity contribution in [2.24, 2.45) is 10.9 Å². The Hall–Kier alpha value is -2.04. The predicted molar refractivity (Wildman–Crippen MR) is 81.9 cm³/mol. The maximum absolute atomic E-state index is 12.1. The minimum atomic E-state index is -3.38. The van der Waals surface area contributed by atoms with Crippen LogP contribution in [0.2, 0.25) is 0 Å². The van der Waals surface area contributed by atoms with Crippen LogP contribution in [0.3, 0.4) is 0 Å². The first-order valence-corrected chi connectivity index (χ1v) is 8.03. The fourth-order valence-electron chi connectivity index (χ4n) is 1.70. The van der Waals surface area contributed by atoms with Gasteiger partial charge in [-0.2, -0.15) is 0 Å². The van der Waals surface area contributed by atoms with Crippen LogP contribution in [-0.4, -0.2) is 37.8 Å². The first-order chi connectivity index (χ1) is 9.90. The molecule has 1 unspecified atom stereocenters. The molecule has 0 heterocycles. The standard InChI is InChI=1S/C14H19N3O3S/c1-3-4-11(2)16-9-10-21(19,20)13-7-5-12(6-8-13)14(15)17-18/h1,5-8,11,16,18H,4,9-10H2,2H3,(H2,15,17). The molecule has 0 radical (unpaired) electrons. The Morgan fingerprint density at radius 2 is 2.10 bits per heavy atom. The average Bonchev–Trinajstić information content (AvgIpc) is 2.46. The van der Waals surface area contributed by atoms with Crippen LogP contribution in [-0.2, 0) is 9.84 Å². The summed E-state index contributed by atoms with van der Waals surface area (Å²) in [6.07, 6.45) is 5.73. The van der Waals surface area contributed by atoms with Crippen molar-refractivity contribution < 1.29 is 13.6 Å². The SMILES string of the molecule is C#CCC(C)NCCS(=O)(=O)c1ccc(/C(N)=N/O)cc1. The molecule has 0 aromatic heterocycles. The smallest absolute Gasteiger partial charge is 0.179 e. The second-order valence-electron chi connectivity index (χ2n) is 4.59. The second-order valence-corrected chi connectivity index (χ2v) is 6.70. The summed E-state index contributed by atoms with van der Waals surface area (Å²) in [5.41, 5.74) is 5.88. The van der Waals surface area contributed by atoms with Gasteiger partial charge in [-0.15, -0.1) is 12.3 Å². The Bertz CT molecular complexity index is 630. The Balaban J connectivity index is 2.69. The lowest BCUT2D eigenvalue weighted by molar-refractivity contribution is 0.318. The number of nitrogens with zero attached hydrogens (tertiary/aromatic N) is 1. The first-order valence-electron chi connectivity index (χ1n) is 6.38. The van der Waals surface area contributed by atoms with E-state index in [0.29, 0.717) is 18.5 Å². The normalized spacial score (nSPS) is 13.6. The number of sulfone groups is 1. The topological polar surface area (TPSA) is 105 Å². The molecule has 1 atom stereocenters. The molecule has 0 aliphatic heterocycles. The zero-order chi connectivity index (χ0) is 15.9. The van der Waals surface area contributed by atoms with Gasteiger partial charge in [0, 0.05) is 24.6 Å². The Labute approximate surface area is 125 Å². The van der Waals surface area contributed by atoms with E-state index in [2.05, 4.69) is 16.4 Å². The molecule has 0 amide bonds. The lowest BCUT2D eigenvalue weighted by Crippen LogP contribution is -2.30. The summed E-state index contributed by atoms with van der Waals surface area (Å²) >= 11 is 0. The number of amidine groups is 1. The molecule has 0 aliphatic carbocycles. The molecule has 1 aromatic rings. The minimum Gasteiger partial charge on any atom is -0.409 e. The third kappa shape index (κ3) is 5.10. The Morgan fingerprint density at radius 1 is 1.48 bits per heavy atom. The lowest BCUT2D eigenvalue weighted by atomic mass is 10.2. The summed E-state index contributed by atoms with van der Waals surface area (Å²) in [6.45, 7) is 2.23. The van der Waals surface area contributed by atoms with Crippen LogP contribution in [0.1, 0.15) is 18.9 Å². The highest BCUT2D eigenvalue weighted by atomic mass is 32.2. The van der Waals surface area contributed by atoms with Crippen LogP contribution >= 0.6 is 0 Å². The van der Waals surface area contributed by atoms with Gasteiger partial charge in [-0.3, -0.25) is 0 Å². The number of benzene rings is 1. The van der Waals surface area contributed by atoms with Crippen LogP contribution in [0.5, 0.6) is 0 Å². The largest absolute Gasteiger partial charge is 0.409 e. The fraction of sp³-hybridized carbons (Fsp3) is 0.357. The molecule has 0 aliphatic rings. The van der Waals surface area contributed by atoms with Crippen molar-refractivity contribution in [3.8, 4) is 12.3 Å². The van der Waals surface area contributed by atoms with Crippen molar-refractivity contribution in [1.82, 2.24) is 5.32 Å². The van der Waals surface area contributed by atoms with Crippen molar-refractivity contribution in [3.05, 3.63) is 29.8 Å². The van der Waals surface area contributed by atoms with Crippen LogP contribution in [0.25, 0.3) is 0 Å². The van der Waals surface area contributed by atoms with Crippen molar-refractivity contribution in [2.75, 3.05) is 12.3 Å². The van der Waals surface area contributed by atoms with E-state index in [1.54, 1.807) is 0 Å². The van der Waals surface area contributed by atoms with E-state index in [9.17, 15) is 8.42 Å². The summed E-state index contributed by atoms with van der Waals surface area (Å²) in [5, 5.41) is 14.5. The number of nitrogens with one attached hydrogen (secondary N) is 1. The molecule has 0 fully saturated rings. The van der Waals surface area contributed by atoms with Gasteiger partial charge >= 0.3 is 0 Å². The van der Waals surface area contributed by atoms with Crippen molar-refractivity contribution in [3.63, 3.8) is 0 Å². The number of oxime groups is 1. The van der Waals surface area contributed by atoms with Gasteiger partial charge in [0.1, 0.15) is 0 Å². The summed E-state index contributed by atoms with van der Waals surface area (Å²) in [6, 6.07) is 5.95. The second kappa shape index (κ2) is 7.67. The first kappa shape index (κ1) is 17.0. The minimum absolute atomic E-state index is 0.0230. The van der Waals surface area contributed by atoms with Crippen LogP contribution in [0.15, 0.2) is 34.3 Å². The fourth-order valence-corrected chi connectivity index (χ4v) is 2.87. The van der Waals surface area contributed by atoms with E-state index < -0.39 is 9.84 Å². The summed E-state index contributed by atoms with van der Waals surface area (Å²) in [7, 11) is -3.38. The van der Waals surface area contributed by atoms with Gasteiger partial charge in [-0.25, -0.2) is 8.42 Å². The number of nitrogens with two attached hydrogens (primary N) is 1. The van der Waals surface area contributed by atoms with Gasteiger partial charge in [0.05, 0.1) is 10.6 Å². The predicted octanol–water partition coefficient (Wildman–Crippen LogP) is 0.556. The third-order valence-electron chi connectivity index (χ3n) is 2.90. The highest BCUT2D eigenvalue weighted by Gasteiger charge is 2.14. The summed E-state index contributed by atoms with van der Waals surface area (Å²) < 4.78 is 24.3. The molecule has 6 nitrogen and oxygen atoms in total.